The third-order valence-corrected chi connectivity index (χ3v) is 2.81. The maximum Gasteiger partial charge on any atom is 0.407 e. The van der Waals surface area contributed by atoms with Gasteiger partial charge in [-0.3, -0.25) is 0 Å². The molecule has 1 aliphatic heterocycles. The predicted molar refractivity (Wildman–Crippen MR) is 53.5 cm³/mol. The Bertz CT molecular complexity index is 252. The molecule has 1 heterocycles. The summed E-state index contributed by atoms with van der Waals surface area (Å²) in [6, 6.07) is -0.682. The van der Waals surface area contributed by atoms with E-state index in [0.717, 1.165) is 4.90 Å². The summed E-state index contributed by atoms with van der Waals surface area (Å²) in [4.78, 5) is 12.1. The summed E-state index contributed by atoms with van der Waals surface area (Å²) in [7, 11) is 0. The van der Waals surface area contributed by atoms with Crippen LogP contribution in [0, 0.1) is 5.41 Å². The fourth-order valence-electron chi connectivity index (χ4n) is 2.15. The van der Waals surface area contributed by atoms with Gasteiger partial charge in [-0.05, 0) is 11.8 Å². The van der Waals surface area contributed by atoms with Gasteiger partial charge in [0.1, 0.15) is 12.3 Å². The first-order valence-corrected chi connectivity index (χ1v) is 5.07. The number of likely N-dealkylation sites (tertiary alicyclic amines) is 1. The molecule has 1 saturated heterocycles. The van der Waals surface area contributed by atoms with Crippen LogP contribution in [0.5, 0.6) is 0 Å². The van der Waals surface area contributed by atoms with E-state index in [1.807, 2.05) is 0 Å². The number of aliphatic hydroxyl groups excluding tert-OH is 1. The quantitative estimate of drug-likeness (QED) is 0.648. The molecule has 0 aliphatic carbocycles. The van der Waals surface area contributed by atoms with Crippen molar-refractivity contribution in [3.8, 4) is 0 Å². The Balaban J connectivity index is 2.95. The molecule has 0 bridgehead atoms. The fraction of sp³-hybridized carbons (Fsp3) is 0.900. The van der Waals surface area contributed by atoms with Crippen LogP contribution in [0.15, 0.2) is 0 Å². The number of halogens is 1. The number of aliphatic hydroxyl groups is 1. The van der Waals surface area contributed by atoms with Crippen molar-refractivity contribution < 1.29 is 19.4 Å². The molecule has 15 heavy (non-hydrogen) atoms. The van der Waals surface area contributed by atoms with Crippen molar-refractivity contribution in [2.24, 2.45) is 5.41 Å². The molecular weight excluding hydrogens is 201 g/mol. The van der Waals surface area contributed by atoms with Gasteiger partial charge in [0.2, 0.25) is 0 Å². The van der Waals surface area contributed by atoms with Crippen LogP contribution in [0.1, 0.15) is 27.2 Å². The number of nitrogens with zero attached hydrogens (tertiary/aromatic N) is 1. The van der Waals surface area contributed by atoms with E-state index in [4.69, 9.17) is 5.11 Å². The van der Waals surface area contributed by atoms with Crippen LogP contribution in [0.25, 0.3) is 0 Å². The zero-order valence-corrected chi connectivity index (χ0v) is 9.27. The number of alkyl halides is 1. The van der Waals surface area contributed by atoms with Gasteiger partial charge in [-0.1, -0.05) is 20.8 Å². The van der Waals surface area contributed by atoms with Crippen molar-refractivity contribution in [1.29, 1.82) is 0 Å². The molecule has 0 aromatic carbocycles. The molecule has 1 amide bonds. The number of amides is 1. The van der Waals surface area contributed by atoms with Crippen LogP contribution < -0.4 is 0 Å². The van der Waals surface area contributed by atoms with E-state index in [1.165, 1.54) is 0 Å². The molecule has 1 unspecified atom stereocenters. The van der Waals surface area contributed by atoms with E-state index in [0.29, 0.717) is 0 Å². The van der Waals surface area contributed by atoms with Gasteiger partial charge in [-0.2, -0.15) is 0 Å². The maximum absolute atomic E-state index is 13.3. The van der Waals surface area contributed by atoms with Crippen molar-refractivity contribution >= 4 is 6.09 Å². The predicted octanol–water partition coefficient (Wildman–Crippen LogP) is 1.48. The summed E-state index contributed by atoms with van der Waals surface area (Å²) in [5.41, 5.74) is -0.470. The van der Waals surface area contributed by atoms with Crippen molar-refractivity contribution in [2.75, 3.05) is 6.54 Å². The van der Waals surface area contributed by atoms with Gasteiger partial charge >= 0.3 is 6.09 Å². The zero-order valence-electron chi connectivity index (χ0n) is 9.27. The Morgan fingerprint density at radius 1 is 1.47 bits per heavy atom. The monoisotopic (exact) mass is 219 g/mol. The minimum absolute atomic E-state index is 0.0695. The lowest BCUT2D eigenvalue weighted by Gasteiger charge is -2.45. The third kappa shape index (κ3) is 2.40. The van der Waals surface area contributed by atoms with E-state index in [2.05, 4.69) is 0 Å². The Hall–Kier alpha value is -0.840. The van der Waals surface area contributed by atoms with E-state index >= 15 is 0 Å². The minimum Gasteiger partial charge on any atom is -0.465 e. The van der Waals surface area contributed by atoms with E-state index in [9.17, 15) is 14.3 Å². The second-order valence-electron chi connectivity index (χ2n) is 5.08. The molecule has 88 valence electrons. The third-order valence-electron chi connectivity index (χ3n) is 2.81. The molecule has 1 aliphatic rings. The standard InChI is InChI=1S/C10H18FNO3/c1-10(2,3)8-7(13)6(11)4-5-12(8)9(14)15/h6-8,13H,4-5H2,1-3H3,(H,14,15)/t6-,7-,8?/m1/s1. The van der Waals surface area contributed by atoms with E-state index < -0.39 is 29.8 Å². The second kappa shape index (κ2) is 3.96. The SMILES string of the molecule is CC(C)(C)C1[C@H](O)[C@H](F)CCN1C(=O)O. The Kier molecular flexibility index (Phi) is 3.23. The molecular formula is C10H18FNO3. The molecule has 1 rings (SSSR count). The van der Waals surface area contributed by atoms with Crippen molar-refractivity contribution in [1.82, 2.24) is 4.90 Å². The van der Waals surface area contributed by atoms with Gasteiger partial charge in [0.15, 0.2) is 0 Å². The van der Waals surface area contributed by atoms with Gasteiger partial charge in [0, 0.05) is 6.54 Å². The van der Waals surface area contributed by atoms with Crippen molar-refractivity contribution in [2.45, 2.75) is 45.5 Å². The average molecular weight is 219 g/mol. The van der Waals surface area contributed by atoms with Gasteiger partial charge < -0.3 is 15.1 Å². The summed E-state index contributed by atoms with van der Waals surface area (Å²) in [6.45, 7) is 5.55. The number of piperidine rings is 1. The molecule has 2 N–H and O–H groups in total. The van der Waals surface area contributed by atoms with Crippen LogP contribution in [0.2, 0.25) is 0 Å². The van der Waals surface area contributed by atoms with Crippen LogP contribution in [0.3, 0.4) is 0 Å². The van der Waals surface area contributed by atoms with E-state index in [1.54, 1.807) is 20.8 Å². The number of hydrogen-bond acceptors (Lipinski definition) is 2. The van der Waals surface area contributed by atoms with Gasteiger partial charge in [-0.25, -0.2) is 9.18 Å². The van der Waals surface area contributed by atoms with Crippen LogP contribution in [0.4, 0.5) is 9.18 Å². The molecule has 4 nitrogen and oxygen atoms in total. The number of rotatable bonds is 0. The topological polar surface area (TPSA) is 60.8 Å². The first-order chi connectivity index (χ1) is 6.75. The number of carbonyl (C=O) groups is 1. The van der Waals surface area contributed by atoms with Crippen LogP contribution in [-0.4, -0.2) is 46.1 Å². The minimum atomic E-state index is -1.33. The molecule has 0 aromatic heterocycles. The van der Waals surface area contributed by atoms with Crippen LogP contribution in [-0.2, 0) is 0 Å². The molecule has 0 saturated carbocycles. The van der Waals surface area contributed by atoms with Crippen LogP contribution >= 0.6 is 0 Å². The lowest BCUT2D eigenvalue weighted by Crippen LogP contribution is -2.60. The first-order valence-electron chi connectivity index (χ1n) is 5.07. The van der Waals surface area contributed by atoms with Crippen molar-refractivity contribution in [3.63, 3.8) is 0 Å². The molecule has 5 heteroatoms. The summed E-state index contributed by atoms with van der Waals surface area (Å²) in [5.74, 6) is 0. The lowest BCUT2D eigenvalue weighted by molar-refractivity contribution is -0.0714. The highest BCUT2D eigenvalue weighted by molar-refractivity contribution is 5.66. The largest absolute Gasteiger partial charge is 0.465 e. The molecule has 0 spiro atoms. The maximum atomic E-state index is 13.3. The van der Waals surface area contributed by atoms with Gasteiger partial charge in [0.05, 0.1) is 6.04 Å². The normalized spacial score (nSPS) is 32.9. The molecule has 3 atom stereocenters. The average Bonchev–Trinajstić information content (AvgIpc) is 2.06. The molecule has 1 fully saturated rings. The number of carboxylic acid groups (broad SMARTS) is 1. The van der Waals surface area contributed by atoms with E-state index in [-0.39, 0.29) is 13.0 Å². The highest BCUT2D eigenvalue weighted by atomic mass is 19.1. The smallest absolute Gasteiger partial charge is 0.407 e. The summed E-state index contributed by atoms with van der Waals surface area (Å²) < 4.78 is 13.3. The summed E-state index contributed by atoms with van der Waals surface area (Å²) in [5, 5.41) is 18.7. The van der Waals surface area contributed by atoms with Gasteiger partial charge in [0.25, 0.3) is 0 Å². The second-order valence-corrected chi connectivity index (χ2v) is 5.08. The molecule has 0 radical (unpaired) electrons. The molecule has 0 aromatic rings. The highest BCUT2D eigenvalue weighted by Gasteiger charge is 2.45. The summed E-state index contributed by atoms with van der Waals surface area (Å²) >= 11 is 0. The Labute approximate surface area is 88.7 Å². The zero-order chi connectivity index (χ0) is 11.8. The van der Waals surface area contributed by atoms with Crippen molar-refractivity contribution in [3.05, 3.63) is 0 Å². The van der Waals surface area contributed by atoms with Gasteiger partial charge in [-0.15, -0.1) is 0 Å². The Morgan fingerprint density at radius 3 is 2.40 bits per heavy atom. The number of hydrogen-bond donors (Lipinski definition) is 2. The Morgan fingerprint density at radius 2 is 2.00 bits per heavy atom. The summed E-state index contributed by atoms with van der Waals surface area (Å²) in [6.07, 6.45) is -3.58. The highest BCUT2D eigenvalue weighted by Crippen LogP contribution is 2.33. The fourth-order valence-corrected chi connectivity index (χ4v) is 2.15. The first kappa shape index (κ1) is 12.2. The lowest BCUT2D eigenvalue weighted by atomic mass is 9.78.